The molecule has 0 bridgehead atoms. The SMILES string of the molecule is CN=C(NCCc1c(OC)cc(OC)cc1OC)NC1CCS(=O)(=O)C1. The van der Waals surface area contributed by atoms with Crippen molar-refractivity contribution in [1.82, 2.24) is 10.6 Å². The van der Waals surface area contributed by atoms with E-state index in [0.717, 1.165) is 5.56 Å². The molecule has 2 N–H and O–H groups in total. The Hall–Kier alpha value is -2.16. The smallest absolute Gasteiger partial charge is 0.191 e. The molecule has 1 unspecified atom stereocenters. The molecule has 0 amide bonds. The minimum Gasteiger partial charge on any atom is -0.496 e. The minimum atomic E-state index is -2.93. The van der Waals surface area contributed by atoms with Gasteiger partial charge < -0.3 is 24.8 Å². The number of hydrogen-bond donors (Lipinski definition) is 2. The summed E-state index contributed by atoms with van der Waals surface area (Å²) < 4.78 is 39.3. The van der Waals surface area contributed by atoms with Gasteiger partial charge in [-0.3, -0.25) is 4.99 Å². The number of sulfone groups is 1. The van der Waals surface area contributed by atoms with Crippen molar-refractivity contribution in [2.75, 3.05) is 46.4 Å². The van der Waals surface area contributed by atoms with E-state index in [2.05, 4.69) is 15.6 Å². The molecule has 0 saturated carbocycles. The molecule has 1 aromatic rings. The number of rotatable bonds is 7. The molecule has 0 aromatic heterocycles. The monoisotopic (exact) mass is 385 g/mol. The Balaban J connectivity index is 1.97. The van der Waals surface area contributed by atoms with Crippen LogP contribution in [-0.2, 0) is 16.3 Å². The first-order valence-electron chi connectivity index (χ1n) is 8.39. The standard InChI is InChI=1S/C17H27N3O5S/c1-18-17(20-12-6-8-26(21,22)11-12)19-7-5-14-15(24-3)9-13(23-2)10-16(14)25-4/h9-10,12H,5-8,11H2,1-4H3,(H2,18,19,20). The van der Waals surface area contributed by atoms with E-state index >= 15 is 0 Å². The number of ether oxygens (including phenoxy) is 3. The van der Waals surface area contributed by atoms with Crippen LogP contribution in [0.15, 0.2) is 17.1 Å². The molecular weight excluding hydrogens is 358 g/mol. The Morgan fingerprint density at radius 2 is 1.85 bits per heavy atom. The van der Waals surface area contributed by atoms with Gasteiger partial charge in [0.25, 0.3) is 0 Å². The second-order valence-electron chi connectivity index (χ2n) is 6.00. The number of nitrogens with zero attached hydrogens (tertiary/aromatic N) is 1. The average molecular weight is 385 g/mol. The Morgan fingerprint density at radius 1 is 1.19 bits per heavy atom. The van der Waals surface area contributed by atoms with Gasteiger partial charge in [0.15, 0.2) is 15.8 Å². The maximum atomic E-state index is 11.6. The lowest BCUT2D eigenvalue weighted by Gasteiger charge is -2.18. The van der Waals surface area contributed by atoms with Crippen LogP contribution in [0.5, 0.6) is 17.2 Å². The minimum absolute atomic E-state index is 0.101. The molecule has 0 radical (unpaired) electrons. The zero-order chi connectivity index (χ0) is 19.2. The van der Waals surface area contributed by atoms with E-state index in [4.69, 9.17) is 14.2 Å². The Morgan fingerprint density at radius 3 is 2.31 bits per heavy atom. The van der Waals surface area contributed by atoms with E-state index in [1.165, 1.54) is 0 Å². The third-order valence-corrected chi connectivity index (χ3v) is 6.05. The van der Waals surface area contributed by atoms with E-state index < -0.39 is 9.84 Å². The maximum Gasteiger partial charge on any atom is 0.191 e. The molecule has 1 atom stereocenters. The fraction of sp³-hybridized carbons (Fsp3) is 0.588. The predicted octanol–water partition coefficient (Wildman–Crippen LogP) is 0.607. The van der Waals surface area contributed by atoms with E-state index in [-0.39, 0.29) is 17.5 Å². The van der Waals surface area contributed by atoms with Crippen LogP contribution in [0.4, 0.5) is 0 Å². The molecule has 146 valence electrons. The molecule has 26 heavy (non-hydrogen) atoms. The van der Waals surface area contributed by atoms with Gasteiger partial charge in [-0.1, -0.05) is 0 Å². The lowest BCUT2D eigenvalue weighted by molar-refractivity contribution is 0.368. The first-order valence-corrected chi connectivity index (χ1v) is 10.2. The van der Waals surface area contributed by atoms with Crippen LogP contribution in [0.2, 0.25) is 0 Å². The van der Waals surface area contributed by atoms with Crippen molar-refractivity contribution in [3.8, 4) is 17.2 Å². The zero-order valence-electron chi connectivity index (χ0n) is 15.7. The topological polar surface area (TPSA) is 98.2 Å². The van der Waals surface area contributed by atoms with Crippen LogP contribution in [-0.4, -0.2) is 66.8 Å². The van der Waals surface area contributed by atoms with Crippen LogP contribution >= 0.6 is 0 Å². The van der Waals surface area contributed by atoms with Crippen LogP contribution in [0.3, 0.4) is 0 Å². The van der Waals surface area contributed by atoms with Crippen LogP contribution < -0.4 is 24.8 Å². The van der Waals surface area contributed by atoms with Crippen molar-refractivity contribution >= 4 is 15.8 Å². The van der Waals surface area contributed by atoms with E-state index in [0.29, 0.717) is 42.6 Å². The number of hydrogen-bond acceptors (Lipinski definition) is 6. The summed E-state index contributed by atoms with van der Waals surface area (Å²) in [5.74, 6) is 2.99. The number of methoxy groups -OCH3 is 3. The molecule has 1 aromatic carbocycles. The first-order chi connectivity index (χ1) is 12.4. The van der Waals surface area contributed by atoms with Crippen molar-refractivity contribution in [3.63, 3.8) is 0 Å². The third-order valence-electron chi connectivity index (χ3n) is 4.28. The molecule has 1 heterocycles. The normalized spacial score (nSPS) is 19.1. The second-order valence-corrected chi connectivity index (χ2v) is 8.23. The maximum absolute atomic E-state index is 11.6. The van der Waals surface area contributed by atoms with Gasteiger partial charge in [0.05, 0.1) is 32.8 Å². The summed E-state index contributed by atoms with van der Waals surface area (Å²) in [6.07, 6.45) is 1.24. The molecule has 9 heteroatoms. The van der Waals surface area contributed by atoms with Crippen LogP contribution in [0.1, 0.15) is 12.0 Å². The van der Waals surface area contributed by atoms with Gasteiger partial charge in [-0.25, -0.2) is 8.42 Å². The van der Waals surface area contributed by atoms with Crippen molar-refractivity contribution in [2.24, 2.45) is 4.99 Å². The summed E-state index contributed by atoms with van der Waals surface area (Å²) >= 11 is 0. The molecule has 0 spiro atoms. The summed E-state index contributed by atoms with van der Waals surface area (Å²) in [5.41, 5.74) is 0.919. The molecule has 0 aliphatic carbocycles. The van der Waals surface area contributed by atoms with Gasteiger partial charge in [0, 0.05) is 37.3 Å². The van der Waals surface area contributed by atoms with Gasteiger partial charge >= 0.3 is 0 Å². The van der Waals surface area contributed by atoms with Crippen LogP contribution in [0.25, 0.3) is 0 Å². The zero-order valence-corrected chi connectivity index (χ0v) is 16.5. The molecule has 8 nitrogen and oxygen atoms in total. The van der Waals surface area contributed by atoms with Crippen molar-refractivity contribution in [1.29, 1.82) is 0 Å². The fourth-order valence-electron chi connectivity index (χ4n) is 2.93. The van der Waals surface area contributed by atoms with Crippen LogP contribution in [0, 0.1) is 0 Å². The largest absolute Gasteiger partial charge is 0.496 e. The molecule has 2 rings (SSSR count). The van der Waals surface area contributed by atoms with Gasteiger partial charge in [0.2, 0.25) is 0 Å². The highest BCUT2D eigenvalue weighted by molar-refractivity contribution is 7.91. The number of benzene rings is 1. The summed E-state index contributed by atoms with van der Waals surface area (Å²) in [7, 11) is 3.53. The Labute approximate surface area is 154 Å². The van der Waals surface area contributed by atoms with E-state index in [1.807, 2.05) is 12.1 Å². The fourth-order valence-corrected chi connectivity index (χ4v) is 4.60. The molecule has 1 saturated heterocycles. The molecule has 1 fully saturated rings. The van der Waals surface area contributed by atoms with E-state index in [9.17, 15) is 8.42 Å². The molecule has 1 aliphatic rings. The number of aliphatic imine (C=N–C) groups is 1. The third kappa shape index (κ3) is 5.17. The highest BCUT2D eigenvalue weighted by Crippen LogP contribution is 2.34. The average Bonchev–Trinajstić information content (AvgIpc) is 2.98. The molecule has 1 aliphatic heterocycles. The van der Waals surface area contributed by atoms with Crippen molar-refractivity contribution in [3.05, 3.63) is 17.7 Å². The number of guanidine groups is 1. The lowest BCUT2D eigenvalue weighted by Crippen LogP contribution is -2.44. The predicted molar refractivity (Wildman–Crippen MR) is 101 cm³/mol. The highest BCUT2D eigenvalue weighted by atomic mass is 32.2. The van der Waals surface area contributed by atoms with Crippen molar-refractivity contribution < 1.29 is 22.6 Å². The Kier molecular flexibility index (Phi) is 6.96. The lowest BCUT2D eigenvalue weighted by atomic mass is 10.1. The van der Waals surface area contributed by atoms with Gasteiger partial charge in [-0.2, -0.15) is 0 Å². The summed E-state index contributed by atoms with van der Waals surface area (Å²) in [6.45, 7) is 0.582. The summed E-state index contributed by atoms with van der Waals surface area (Å²) in [5, 5.41) is 6.37. The van der Waals surface area contributed by atoms with Gasteiger partial charge in [-0.15, -0.1) is 0 Å². The number of nitrogens with one attached hydrogen (secondary N) is 2. The van der Waals surface area contributed by atoms with Gasteiger partial charge in [0.1, 0.15) is 17.2 Å². The van der Waals surface area contributed by atoms with Crippen molar-refractivity contribution in [2.45, 2.75) is 18.9 Å². The van der Waals surface area contributed by atoms with Gasteiger partial charge in [-0.05, 0) is 12.8 Å². The summed E-state index contributed by atoms with van der Waals surface area (Å²) in [6, 6.07) is 3.53. The first kappa shape index (κ1) is 20.2. The Bertz CT molecular complexity index is 724. The quantitative estimate of drug-likeness (QED) is 0.524. The molecular formula is C17H27N3O5S. The van der Waals surface area contributed by atoms with E-state index in [1.54, 1.807) is 28.4 Å². The second kappa shape index (κ2) is 8.98. The summed E-state index contributed by atoms with van der Waals surface area (Å²) in [4.78, 5) is 4.16. The highest BCUT2D eigenvalue weighted by Gasteiger charge is 2.28.